The van der Waals surface area contributed by atoms with Crippen LogP contribution in [0.5, 0.6) is 0 Å². The van der Waals surface area contributed by atoms with Crippen molar-refractivity contribution in [2.75, 3.05) is 19.6 Å². The summed E-state index contributed by atoms with van der Waals surface area (Å²) in [7, 11) is 0. The van der Waals surface area contributed by atoms with E-state index in [4.69, 9.17) is 0 Å². The minimum Gasteiger partial charge on any atom is -0.312 e. The van der Waals surface area contributed by atoms with Gasteiger partial charge in [0.15, 0.2) is 0 Å². The molecule has 0 bridgehead atoms. The highest BCUT2D eigenvalue weighted by Crippen LogP contribution is 2.06. The molecule has 17 heavy (non-hydrogen) atoms. The van der Waals surface area contributed by atoms with Gasteiger partial charge in [-0.25, -0.2) is 0 Å². The van der Waals surface area contributed by atoms with Gasteiger partial charge >= 0.3 is 0 Å². The normalized spacial score (nSPS) is 14.3. The van der Waals surface area contributed by atoms with E-state index in [1.807, 2.05) is 0 Å². The highest BCUT2D eigenvalue weighted by atomic mass is 15.1. The van der Waals surface area contributed by atoms with Crippen LogP contribution in [0.15, 0.2) is 0 Å². The van der Waals surface area contributed by atoms with Gasteiger partial charge in [-0.2, -0.15) is 0 Å². The van der Waals surface area contributed by atoms with Crippen molar-refractivity contribution in [2.24, 2.45) is 0 Å². The van der Waals surface area contributed by atoms with Crippen LogP contribution in [0.2, 0.25) is 0 Å². The molecule has 0 heterocycles. The molecule has 1 unspecified atom stereocenters. The topological polar surface area (TPSA) is 15.3 Å². The predicted octanol–water partition coefficient (Wildman–Crippen LogP) is 3.67. The molecule has 0 rings (SSSR count). The van der Waals surface area contributed by atoms with Gasteiger partial charge in [-0.1, -0.05) is 20.3 Å². The van der Waals surface area contributed by atoms with Gasteiger partial charge in [0, 0.05) is 11.6 Å². The highest BCUT2D eigenvalue weighted by molar-refractivity contribution is 4.70. The lowest BCUT2D eigenvalue weighted by molar-refractivity contribution is 0.210. The average molecular weight is 242 g/mol. The van der Waals surface area contributed by atoms with E-state index in [0.29, 0.717) is 0 Å². The standard InChI is InChI=1S/C15H34N2/c1-7-14(3)17(8-2)13-11-9-10-12-16-15(4,5)6/h14,16H,7-13H2,1-6H3. The molecular formula is C15H34N2. The SMILES string of the molecule is CCC(C)N(CC)CCCCCNC(C)(C)C. The number of nitrogens with one attached hydrogen (secondary N) is 1. The molecule has 104 valence electrons. The molecule has 0 aromatic carbocycles. The summed E-state index contributed by atoms with van der Waals surface area (Å²) in [5.74, 6) is 0. The summed E-state index contributed by atoms with van der Waals surface area (Å²) in [6.07, 6.45) is 5.24. The molecule has 1 N–H and O–H groups in total. The van der Waals surface area contributed by atoms with Crippen molar-refractivity contribution < 1.29 is 0 Å². The zero-order valence-corrected chi connectivity index (χ0v) is 13.0. The quantitative estimate of drug-likeness (QED) is 0.621. The molecule has 2 heteroatoms. The maximum Gasteiger partial charge on any atom is 0.00965 e. The third-order valence-corrected chi connectivity index (χ3v) is 3.40. The molecular weight excluding hydrogens is 208 g/mol. The van der Waals surface area contributed by atoms with Crippen LogP contribution in [0, 0.1) is 0 Å². The van der Waals surface area contributed by atoms with Crippen LogP contribution in [-0.2, 0) is 0 Å². The molecule has 0 saturated carbocycles. The Hall–Kier alpha value is -0.0800. The van der Waals surface area contributed by atoms with Crippen molar-refractivity contribution in [3.8, 4) is 0 Å². The van der Waals surface area contributed by atoms with Crippen LogP contribution >= 0.6 is 0 Å². The Balaban J connectivity index is 3.50. The zero-order chi connectivity index (χ0) is 13.3. The van der Waals surface area contributed by atoms with Crippen LogP contribution in [0.4, 0.5) is 0 Å². The monoisotopic (exact) mass is 242 g/mol. The first kappa shape index (κ1) is 16.9. The molecule has 0 saturated heterocycles. The van der Waals surface area contributed by atoms with Crippen molar-refractivity contribution in [1.82, 2.24) is 10.2 Å². The number of unbranched alkanes of at least 4 members (excludes halogenated alkanes) is 2. The molecule has 0 spiro atoms. The predicted molar refractivity (Wildman–Crippen MR) is 78.6 cm³/mol. The summed E-state index contributed by atoms with van der Waals surface area (Å²) in [6.45, 7) is 17.2. The second kappa shape index (κ2) is 8.93. The van der Waals surface area contributed by atoms with Gasteiger partial charge in [-0.3, -0.25) is 0 Å². The van der Waals surface area contributed by atoms with Gasteiger partial charge in [0.1, 0.15) is 0 Å². The van der Waals surface area contributed by atoms with E-state index >= 15 is 0 Å². The summed E-state index contributed by atoms with van der Waals surface area (Å²) >= 11 is 0. The Morgan fingerprint density at radius 3 is 2.18 bits per heavy atom. The third-order valence-electron chi connectivity index (χ3n) is 3.40. The molecule has 0 fully saturated rings. The van der Waals surface area contributed by atoms with Crippen molar-refractivity contribution in [3.05, 3.63) is 0 Å². The largest absolute Gasteiger partial charge is 0.312 e. The van der Waals surface area contributed by atoms with Crippen molar-refractivity contribution in [3.63, 3.8) is 0 Å². The van der Waals surface area contributed by atoms with E-state index in [2.05, 4.69) is 51.8 Å². The van der Waals surface area contributed by atoms with E-state index < -0.39 is 0 Å². The molecule has 0 radical (unpaired) electrons. The minimum absolute atomic E-state index is 0.270. The van der Waals surface area contributed by atoms with Gasteiger partial charge < -0.3 is 10.2 Å². The fourth-order valence-corrected chi connectivity index (χ4v) is 2.03. The summed E-state index contributed by atoms with van der Waals surface area (Å²) in [4.78, 5) is 2.59. The average Bonchev–Trinajstić information content (AvgIpc) is 2.26. The molecule has 0 aromatic heterocycles. The van der Waals surface area contributed by atoms with Gasteiger partial charge in [0.05, 0.1) is 0 Å². The number of hydrogen-bond acceptors (Lipinski definition) is 2. The summed E-state index contributed by atoms with van der Waals surface area (Å²) in [5, 5.41) is 3.54. The smallest absolute Gasteiger partial charge is 0.00965 e. The first-order valence-electron chi connectivity index (χ1n) is 7.39. The molecule has 0 aromatic rings. The highest BCUT2D eigenvalue weighted by Gasteiger charge is 2.09. The Labute approximate surface area is 109 Å². The van der Waals surface area contributed by atoms with Crippen LogP contribution in [0.3, 0.4) is 0 Å². The van der Waals surface area contributed by atoms with E-state index in [9.17, 15) is 0 Å². The van der Waals surface area contributed by atoms with Crippen molar-refractivity contribution in [2.45, 2.75) is 78.8 Å². The van der Waals surface area contributed by atoms with Gasteiger partial charge in [-0.15, -0.1) is 0 Å². The van der Waals surface area contributed by atoms with E-state index in [1.54, 1.807) is 0 Å². The lowest BCUT2D eigenvalue weighted by atomic mass is 10.1. The maximum atomic E-state index is 3.54. The van der Waals surface area contributed by atoms with Crippen LogP contribution in [0.1, 0.15) is 67.2 Å². The maximum absolute atomic E-state index is 3.54. The Bertz CT molecular complexity index is 172. The molecule has 2 nitrogen and oxygen atoms in total. The Kier molecular flexibility index (Phi) is 8.89. The van der Waals surface area contributed by atoms with E-state index in [0.717, 1.165) is 12.6 Å². The van der Waals surface area contributed by atoms with Crippen LogP contribution in [0.25, 0.3) is 0 Å². The summed E-state index contributed by atoms with van der Waals surface area (Å²) in [6, 6.07) is 0.743. The Morgan fingerprint density at radius 2 is 1.71 bits per heavy atom. The lowest BCUT2D eigenvalue weighted by Crippen LogP contribution is -2.36. The number of nitrogens with zero attached hydrogens (tertiary/aromatic N) is 1. The van der Waals surface area contributed by atoms with Gasteiger partial charge in [0.25, 0.3) is 0 Å². The second-order valence-electron chi connectivity index (χ2n) is 6.12. The zero-order valence-electron chi connectivity index (χ0n) is 13.0. The molecule has 0 amide bonds. The van der Waals surface area contributed by atoms with Crippen LogP contribution < -0.4 is 5.32 Å². The number of rotatable bonds is 9. The van der Waals surface area contributed by atoms with Gasteiger partial charge in [-0.05, 0) is 66.6 Å². The molecule has 0 aliphatic rings. The first-order chi connectivity index (χ1) is 7.90. The third kappa shape index (κ3) is 9.61. The molecule has 1 atom stereocenters. The Morgan fingerprint density at radius 1 is 1.06 bits per heavy atom. The van der Waals surface area contributed by atoms with Crippen molar-refractivity contribution >= 4 is 0 Å². The second-order valence-corrected chi connectivity index (χ2v) is 6.12. The van der Waals surface area contributed by atoms with E-state index in [1.165, 1.54) is 38.8 Å². The first-order valence-corrected chi connectivity index (χ1v) is 7.39. The lowest BCUT2D eigenvalue weighted by Gasteiger charge is -2.27. The fraction of sp³-hybridized carbons (Fsp3) is 1.00. The summed E-state index contributed by atoms with van der Waals surface area (Å²) in [5.41, 5.74) is 0.270. The number of hydrogen-bond donors (Lipinski definition) is 1. The molecule has 0 aliphatic heterocycles. The van der Waals surface area contributed by atoms with Crippen molar-refractivity contribution in [1.29, 1.82) is 0 Å². The molecule has 0 aliphatic carbocycles. The summed E-state index contributed by atoms with van der Waals surface area (Å²) < 4.78 is 0. The fourth-order valence-electron chi connectivity index (χ4n) is 2.03. The van der Waals surface area contributed by atoms with Gasteiger partial charge in [0.2, 0.25) is 0 Å². The van der Waals surface area contributed by atoms with E-state index in [-0.39, 0.29) is 5.54 Å². The minimum atomic E-state index is 0.270. The van der Waals surface area contributed by atoms with Crippen LogP contribution in [-0.4, -0.2) is 36.1 Å².